The van der Waals surface area contributed by atoms with Crippen molar-refractivity contribution in [1.29, 1.82) is 0 Å². The molecule has 0 unspecified atom stereocenters. The van der Waals surface area contributed by atoms with E-state index in [2.05, 4.69) is 53.6 Å². The monoisotopic (exact) mass is 570 g/mol. The summed E-state index contributed by atoms with van der Waals surface area (Å²) in [5, 5.41) is 4.25. The maximum absolute atomic E-state index is 12.4. The molecule has 1 amide bonds. The zero-order valence-electron chi connectivity index (χ0n) is 22.9. The molecular weight excluding hydrogens is 532 g/mol. The molecule has 12 heteroatoms. The van der Waals surface area contributed by atoms with Crippen molar-refractivity contribution < 1.29 is 9.53 Å². The van der Waals surface area contributed by atoms with Crippen LogP contribution in [-0.4, -0.2) is 92.8 Å². The van der Waals surface area contributed by atoms with Crippen molar-refractivity contribution in [3.8, 4) is 16.5 Å². The number of amides is 1. The summed E-state index contributed by atoms with van der Waals surface area (Å²) in [6.07, 6.45) is 11.2. The molecule has 2 aliphatic rings. The van der Waals surface area contributed by atoms with Crippen molar-refractivity contribution in [3.63, 3.8) is 0 Å². The van der Waals surface area contributed by atoms with Gasteiger partial charge in [0, 0.05) is 74.8 Å². The zero-order chi connectivity index (χ0) is 27.5. The second-order valence-corrected chi connectivity index (χ2v) is 11.7. The van der Waals surface area contributed by atoms with Gasteiger partial charge in [0.05, 0.1) is 23.9 Å². The number of anilines is 1. The Morgan fingerprint density at radius 3 is 2.59 bits per heavy atom. The lowest BCUT2D eigenvalue weighted by Crippen LogP contribution is -2.50. The first-order valence-electron chi connectivity index (χ1n) is 13.5. The number of pyridine rings is 1. The number of nitrogens with zero attached hydrogens (tertiary/aromatic N) is 6. The Bertz CT molecular complexity index is 1150. The van der Waals surface area contributed by atoms with Crippen LogP contribution in [0.1, 0.15) is 43.4 Å². The third kappa shape index (κ3) is 9.71. The van der Waals surface area contributed by atoms with Crippen LogP contribution in [0, 0.1) is 0 Å². The molecule has 1 saturated carbocycles. The van der Waals surface area contributed by atoms with E-state index in [1.807, 2.05) is 31.0 Å². The number of ether oxygens (including phenoxy) is 1. The van der Waals surface area contributed by atoms with Gasteiger partial charge in [0.15, 0.2) is 5.01 Å². The first-order valence-corrected chi connectivity index (χ1v) is 15.2. The van der Waals surface area contributed by atoms with Gasteiger partial charge in [-0.05, 0) is 57.7 Å². The Morgan fingerprint density at radius 2 is 1.90 bits per heavy atom. The standard InChI is InChI=1S/C19H28N6O2S.C8H10N2S/c1-4-27-17-13-20-11-15(23-17)16-12-22-19(28-16)18(26)21-5-6-24-7-9-25(10-8-24)14(2)3;1-2-8(1)11-10-7-3-5-9-6-4-7/h11-14H,4-10H2,1-3H3,(H,21,26);3-6,8H,1-2H2,(H,9,10). The van der Waals surface area contributed by atoms with Crippen molar-refractivity contribution in [1.82, 2.24) is 35.1 Å². The highest BCUT2D eigenvalue weighted by Crippen LogP contribution is 2.34. The summed E-state index contributed by atoms with van der Waals surface area (Å²) in [5.74, 6) is 0.322. The average Bonchev–Trinajstić information content (AvgIpc) is 3.66. The van der Waals surface area contributed by atoms with Crippen LogP contribution in [0.15, 0.2) is 43.1 Å². The fraction of sp³-hybridized carbons (Fsp3) is 0.519. The molecule has 0 radical (unpaired) electrons. The van der Waals surface area contributed by atoms with Crippen LogP contribution >= 0.6 is 23.3 Å². The number of nitrogens with one attached hydrogen (secondary N) is 2. The summed E-state index contributed by atoms with van der Waals surface area (Å²) in [6, 6.07) is 4.56. The van der Waals surface area contributed by atoms with Gasteiger partial charge in [0.2, 0.25) is 5.88 Å². The number of rotatable bonds is 11. The van der Waals surface area contributed by atoms with Crippen LogP contribution in [0.25, 0.3) is 10.6 Å². The minimum Gasteiger partial charge on any atom is -0.477 e. The van der Waals surface area contributed by atoms with E-state index in [0.29, 0.717) is 35.8 Å². The number of piperazine rings is 1. The van der Waals surface area contributed by atoms with E-state index in [-0.39, 0.29) is 5.91 Å². The predicted octanol–water partition coefficient (Wildman–Crippen LogP) is 4.06. The molecule has 0 spiro atoms. The Morgan fingerprint density at radius 1 is 1.13 bits per heavy atom. The Labute approximate surface area is 239 Å². The molecular formula is C27H38N8O2S2. The van der Waals surface area contributed by atoms with E-state index in [9.17, 15) is 4.79 Å². The van der Waals surface area contributed by atoms with Gasteiger partial charge in [0.1, 0.15) is 5.69 Å². The van der Waals surface area contributed by atoms with Gasteiger partial charge < -0.3 is 14.8 Å². The maximum Gasteiger partial charge on any atom is 0.280 e. The van der Waals surface area contributed by atoms with Crippen LogP contribution in [0.4, 0.5) is 5.69 Å². The molecule has 1 aliphatic carbocycles. The first-order chi connectivity index (χ1) is 19.0. The molecule has 0 bridgehead atoms. The smallest absolute Gasteiger partial charge is 0.280 e. The van der Waals surface area contributed by atoms with Gasteiger partial charge in [-0.25, -0.2) is 9.97 Å². The molecule has 3 aromatic heterocycles. The topological polar surface area (TPSA) is 108 Å². The average molecular weight is 571 g/mol. The second kappa shape index (κ2) is 15.1. The molecule has 2 N–H and O–H groups in total. The van der Waals surface area contributed by atoms with Crippen LogP contribution in [0.2, 0.25) is 0 Å². The van der Waals surface area contributed by atoms with E-state index in [1.54, 1.807) is 31.0 Å². The van der Waals surface area contributed by atoms with Gasteiger partial charge in [0.25, 0.3) is 5.91 Å². The zero-order valence-corrected chi connectivity index (χ0v) is 24.5. The summed E-state index contributed by atoms with van der Waals surface area (Å²) in [4.78, 5) is 34.8. The van der Waals surface area contributed by atoms with Crippen molar-refractivity contribution in [3.05, 3.63) is 48.1 Å². The van der Waals surface area contributed by atoms with E-state index < -0.39 is 0 Å². The number of hydrogen-bond donors (Lipinski definition) is 2. The number of carbonyl (C=O) groups excluding carboxylic acids is 1. The quantitative estimate of drug-likeness (QED) is 0.328. The lowest BCUT2D eigenvalue weighted by atomic mass is 10.2. The highest BCUT2D eigenvalue weighted by molar-refractivity contribution is 8.01. The van der Waals surface area contributed by atoms with Gasteiger partial charge in [-0.3, -0.25) is 24.6 Å². The molecule has 4 heterocycles. The first kappa shape index (κ1) is 29.2. The summed E-state index contributed by atoms with van der Waals surface area (Å²) in [5.41, 5.74) is 1.81. The van der Waals surface area contributed by atoms with E-state index in [4.69, 9.17) is 4.74 Å². The molecule has 1 aliphatic heterocycles. The van der Waals surface area contributed by atoms with Crippen LogP contribution in [0.5, 0.6) is 5.88 Å². The lowest BCUT2D eigenvalue weighted by molar-refractivity contribution is 0.0920. The predicted molar refractivity (Wildman–Crippen MR) is 158 cm³/mol. The number of aromatic nitrogens is 4. The Kier molecular flexibility index (Phi) is 11.3. The fourth-order valence-electron chi connectivity index (χ4n) is 3.85. The number of carbonyl (C=O) groups is 1. The Hall–Kier alpha value is -2.80. The molecule has 5 rings (SSSR count). The van der Waals surface area contributed by atoms with E-state index >= 15 is 0 Å². The fourth-order valence-corrected chi connectivity index (χ4v) is 5.44. The molecule has 10 nitrogen and oxygen atoms in total. The van der Waals surface area contributed by atoms with E-state index in [1.165, 1.54) is 24.2 Å². The van der Waals surface area contributed by atoms with Crippen LogP contribution < -0.4 is 14.8 Å². The molecule has 0 aromatic carbocycles. The highest BCUT2D eigenvalue weighted by atomic mass is 32.2. The van der Waals surface area contributed by atoms with Crippen molar-refractivity contribution in [2.24, 2.45) is 0 Å². The molecule has 0 atom stereocenters. The van der Waals surface area contributed by atoms with Crippen molar-refractivity contribution in [2.75, 3.05) is 50.6 Å². The lowest BCUT2D eigenvalue weighted by Gasteiger charge is -2.36. The maximum atomic E-state index is 12.4. The third-order valence-corrected chi connectivity index (χ3v) is 8.43. The number of thiazole rings is 1. The SMILES string of the molecule is CCOc1cncc(-c2cnc(C(=O)NCCN3CCN(C(C)C)CC3)s2)n1.c1cc(NSC2CC2)ccn1. The van der Waals surface area contributed by atoms with Crippen LogP contribution in [-0.2, 0) is 0 Å². The van der Waals surface area contributed by atoms with Crippen LogP contribution in [0.3, 0.4) is 0 Å². The highest BCUT2D eigenvalue weighted by Gasteiger charge is 2.22. The second-order valence-electron chi connectivity index (χ2n) is 9.59. The third-order valence-electron chi connectivity index (χ3n) is 6.26. The minimum atomic E-state index is -0.147. The summed E-state index contributed by atoms with van der Waals surface area (Å²) >= 11 is 3.13. The molecule has 39 heavy (non-hydrogen) atoms. The molecule has 210 valence electrons. The Balaban J connectivity index is 0.000000265. The molecule has 1 saturated heterocycles. The molecule has 3 aromatic rings. The normalized spacial score (nSPS) is 15.9. The summed E-state index contributed by atoms with van der Waals surface area (Å²) < 4.78 is 8.66. The van der Waals surface area contributed by atoms with Gasteiger partial charge in [-0.15, -0.1) is 11.3 Å². The summed E-state index contributed by atoms with van der Waals surface area (Å²) in [6.45, 7) is 12.6. The number of hydrogen-bond acceptors (Lipinski definition) is 11. The van der Waals surface area contributed by atoms with Crippen molar-refractivity contribution >= 4 is 34.9 Å². The van der Waals surface area contributed by atoms with Gasteiger partial charge in [-0.1, -0.05) is 0 Å². The van der Waals surface area contributed by atoms with Gasteiger partial charge >= 0.3 is 0 Å². The van der Waals surface area contributed by atoms with E-state index in [0.717, 1.165) is 48.5 Å². The minimum absolute atomic E-state index is 0.147. The largest absolute Gasteiger partial charge is 0.477 e. The van der Waals surface area contributed by atoms with Crippen molar-refractivity contribution in [2.45, 2.75) is 44.9 Å². The molecule has 2 fully saturated rings. The van der Waals surface area contributed by atoms with Gasteiger partial charge in [-0.2, -0.15) is 0 Å². The summed E-state index contributed by atoms with van der Waals surface area (Å²) in [7, 11) is 0.